The van der Waals surface area contributed by atoms with Crippen molar-refractivity contribution in [3.63, 3.8) is 0 Å². The second-order valence-electron chi connectivity index (χ2n) is 9.34. The molecule has 0 saturated carbocycles. The zero-order chi connectivity index (χ0) is 29.2. The van der Waals surface area contributed by atoms with Crippen LogP contribution in [0.1, 0.15) is 38.3 Å². The van der Waals surface area contributed by atoms with E-state index < -0.39 is 5.97 Å². The third-order valence-electron chi connectivity index (χ3n) is 6.65. The van der Waals surface area contributed by atoms with E-state index in [0.717, 1.165) is 16.9 Å². The minimum absolute atomic E-state index is 0.0263. The summed E-state index contributed by atoms with van der Waals surface area (Å²) in [6.07, 6.45) is -0.200. The highest BCUT2D eigenvalue weighted by Crippen LogP contribution is 2.29. The summed E-state index contributed by atoms with van der Waals surface area (Å²) in [5.74, 6) is -0.184. The third kappa shape index (κ3) is 7.51. The molecule has 8 heteroatoms. The number of carbonyl (C=O) groups excluding carboxylic acids is 2. The second kappa shape index (κ2) is 13.8. The molecule has 210 valence electrons. The van der Waals surface area contributed by atoms with Gasteiger partial charge in [-0.1, -0.05) is 60.7 Å². The van der Waals surface area contributed by atoms with E-state index in [1.54, 1.807) is 62.8 Å². The normalized spacial score (nSPS) is 10.5. The van der Waals surface area contributed by atoms with E-state index in [0.29, 0.717) is 34.5 Å². The first kappa shape index (κ1) is 28.9. The number of hydrogen-bond donors (Lipinski definition) is 2. The van der Waals surface area contributed by atoms with Crippen LogP contribution in [0.5, 0.6) is 11.5 Å². The Morgan fingerprint density at radius 2 is 1.22 bits per heavy atom. The van der Waals surface area contributed by atoms with Crippen molar-refractivity contribution in [1.29, 1.82) is 0 Å². The lowest BCUT2D eigenvalue weighted by atomic mass is 9.94. The Kier molecular flexibility index (Phi) is 9.72. The van der Waals surface area contributed by atoms with E-state index in [4.69, 9.17) is 9.47 Å². The predicted octanol–water partition coefficient (Wildman–Crippen LogP) is 5.42. The summed E-state index contributed by atoms with van der Waals surface area (Å²) in [4.78, 5) is 40.1. The van der Waals surface area contributed by atoms with E-state index >= 15 is 0 Å². The van der Waals surface area contributed by atoms with Crippen LogP contribution in [-0.2, 0) is 17.9 Å². The van der Waals surface area contributed by atoms with E-state index in [-0.39, 0.29) is 31.3 Å². The molecule has 2 N–H and O–H groups in total. The van der Waals surface area contributed by atoms with E-state index in [1.807, 2.05) is 48.5 Å². The van der Waals surface area contributed by atoms with Crippen LogP contribution >= 0.6 is 0 Å². The summed E-state index contributed by atoms with van der Waals surface area (Å²) in [6.45, 7) is 0.565. The molecule has 4 aromatic carbocycles. The predicted molar refractivity (Wildman–Crippen MR) is 156 cm³/mol. The second-order valence-corrected chi connectivity index (χ2v) is 9.34. The van der Waals surface area contributed by atoms with E-state index in [1.165, 1.54) is 4.90 Å². The smallest absolute Gasteiger partial charge is 0.305 e. The summed E-state index contributed by atoms with van der Waals surface area (Å²) >= 11 is 0. The maximum atomic E-state index is 13.9. The molecule has 0 unspecified atom stereocenters. The fourth-order valence-electron chi connectivity index (χ4n) is 4.45. The quantitative estimate of drug-likeness (QED) is 0.243. The molecule has 0 saturated heterocycles. The van der Waals surface area contributed by atoms with Crippen LogP contribution in [0.2, 0.25) is 0 Å². The Morgan fingerprint density at radius 1 is 0.707 bits per heavy atom. The molecule has 41 heavy (non-hydrogen) atoms. The van der Waals surface area contributed by atoms with Crippen LogP contribution < -0.4 is 14.8 Å². The number of aliphatic carboxylic acids is 1. The van der Waals surface area contributed by atoms with Crippen molar-refractivity contribution in [2.45, 2.75) is 19.5 Å². The van der Waals surface area contributed by atoms with Gasteiger partial charge < -0.3 is 24.8 Å². The van der Waals surface area contributed by atoms with Crippen LogP contribution in [0.4, 0.5) is 0 Å². The molecule has 0 bridgehead atoms. The van der Waals surface area contributed by atoms with E-state index in [9.17, 15) is 19.5 Å². The highest BCUT2D eigenvalue weighted by Gasteiger charge is 2.23. The Labute approximate surface area is 239 Å². The molecular weight excluding hydrogens is 520 g/mol. The molecule has 0 aliphatic rings. The van der Waals surface area contributed by atoms with E-state index in [2.05, 4.69) is 5.32 Å². The van der Waals surface area contributed by atoms with Gasteiger partial charge in [-0.05, 0) is 58.7 Å². The van der Waals surface area contributed by atoms with Gasteiger partial charge in [0, 0.05) is 30.8 Å². The molecule has 0 heterocycles. The van der Waals surface area contributed by atoms with Crippen molar-refractivity contribution >= 4 is 17.8 Å². The van der Waals surface area contributed by atoms with Gasteiger partial charge >= 0.3 is 5.97 Å². The van der Waals surface area contributed by atoms with Crippen molar-refractivity contribution in [1.82, 2.24) is 10.2 Å². The molecule has 0 spiro atoms. The van der Waals surface area contributed by atoms with Crippen molar-refractivity contribution in [3.05, 3.63) is 119 Å². The van der Waals surface area contributed by atoms with Crippen molar-refractivity contribution in [3.8, 4) is 22.6 Å². The van der Waals surface area contributed by atoms with Crippen molar-refractivity contribution in [2.24, 2.45) is 0 Å². The fraction of sp³-hybridized carbons (Fsp3) is 0.182. The van der Waals surface area contributed by atoms with Gasteiger partial charge in [-0.2, -0.15) is 0 Å². The van der Waals surface area contributed by atoms with Crippen LogP contribution in [0.3, 0.4) is 0 Å². The number of carboxylic acid groups (broad SMARTS) is 1. The molecule has 4 rings (SSSR count). The minimum Gasteiger partial charge on any atom is -0.497 e. The SMILES string of the molecule is COc1ccc(CNC(=O)c2ccccc2-c2ccccc2C(=O)N(CCC(=O)O)Cc2ccc(OC)cc2)cc1. The van der Waals surface area contributed by atoms with Gasteiger partial charge in [0.25, 0.3) is 11.8 Å². The number of rotatable bonds is 12. The summed E-state index contributed by atoms with van der Waals surface area (Å²) in [5.41, 5.74) is 3.74. The number of hydrogen-bond acceptors (Lipinski definition) is 5. The number of nitrogens with one attached hydrogen (secondary N) is 1. The van der Waals surface area contributed by atoms with Gasteiger partial charge in [-0.15, -0.1) is 0 Å². The van der Waals surface area contributed by atoms with Crippen LogP contribution in [0.25, 0.3) is 11.1 Å². The number of amides is 2. The monoisotopic (exact) mass is 552 g/mol. The van der Waals surface area contributed by atoms with Gasteiger partial charge in [-0.25, -0.2) is 0 Å². The fourth-order valence-corrected chi connectivity index (χ4v) is 4.45. The van der Waals surface area contributed by atoms with Crippen LogP contribution in [0, 0.1) is 0 Å². The highest BCUT2D eigenvalue weighted by molar-refractivity contribution is 6.06. The van der Waals surface area contributed by atoms with Crippen LogP contribution in [-0.4, -0.2) is 48.6 Å². The summed E-state index contributed by atoms with van der Waals surface area (Å²) in [5, 5.41) is 12.3. The zero-order valence-corrected chi connectivity index (χ0v) is 23.0. The summed E-state index contributed by atoms with van der Waals surface area (Å²) in [6, 6.07) is 28.9. The number of carboxylic acids is 1. The van der Waals surface area contributed by atoms with Gasteiger partial charge in [0.2, 0.25) is 0 Å². The first-order valence-electron chi connectivity index (χ1n) is 13.1. The van der Waals surface area contributed by atoms with Gasteiger partial charge in [-0.3, -0.25) is 14.4 Å². The minimum atomic E-state index is -0.996. The standard InChI is InChI=1S/C33H32N2O6/c1-40-25-15-11-23(12-16-25)21-34-32(38)29-9-5-3-7-27(29)28-8-4-6-10-30(28)33(39)35(20-19-31(36)37)22-24-13-17-26(41-2)18-14-24/h3-18H,19-22H2,1-2H3,(H,34,38)(H,36,37). The Balaban J connectivity index is 1.61. The first-order valence-corrected chi connectivity index (χ1v) is 13.1. The number of benzene rings is 4. The molecule has 8 nitrogen and oxygen atoms in total. The average molecular weight is 553 g/mol. The lowest BCUT2D eigenvalue weighted by molar-refractivity contribution is -0.137. The maximum absolute atomic E-state index is 13.9. The lowest BCUT2D eigenvalue weighted by Gasteiger charge is -2.24. The van der Waals surface area contributed by atoms with Gasteiger partial charge in [0.05, 0.1) is 20.6 Å². The number of ether oxygens (including phenoxy) is 2. The zero-order valence-electron chi connectivity index (χ0n) is 23.0. The molecule has 0 fully saturated rings. The molecular formula is C33H32N2O6. The van der Waals surface area contributed by atoms with Gasteiger partial charge in [0.15, 0.2) is 0 Å². The lowest BCUT2D eigenvalue weighted by Crippen LogP contribution is -2.33. The molecule has 0 atom stereocenters. The third-order valence-corrected chi connectivity index (χ3v) is 6.65. The Hall–Kier alpha value is -5.11. The Morgan fingerprint density at radius 3 is 1.78 bits per heavy atom. The summed E-state index contributed by atoms with van der Waals surface area (Å²) < 4.78 is 10.4. The van der Waals surface area contributed by atoms with Crippen molar-refractivity contribution < 1.29 is 29.0 Å². The molecule has 0 aromatic heterocycles. The van der Waals surface area contributed by atoms with Crippen molar-refractivity contribution in [2.75, 3.05) is 20.8 Å². The molecule has 2 amide bonds. The molecule has 0 radical (unpaired) electrons. The molecule has 4 aromatic rings. The number of methoxy groups -OCH3 is 2. The highest BCUT2D eigenvalue weighted by atomic mass is 16.5. The van der Waals surface area contributed by atoms with Gasteiger partial charge in [0.1, 0.15) is 11.5 Å². The molecule has 0 aliphatic carbocycles. The first-order chi connectivity index (χ1) is 19.9. The topological polar surface area (TPSA) is 105 Å². The summed E-state index contributed by atoms with van der Waals surface area (Å²) in [7, 11) is 3.17. The largest absolute Gasteiger partial charge is 0.497 e. The molecule has 0 aliphatic heterocycles. The number of nitrogens with zero attached hydrogens (tertiary/aromatic N) is 1. The van der Waals surface area contributed by atoms with Crippen LogP contribution in [0.15, 0.2) is 97.1 Å². The Bertz CT molecular complexity index is 1500. The number of carbonyl (C=O) groups is 3. The average Bonchev–Trinajstić information content (AvgIpc) is 3.02. The maximum Gasteiger partial charge on any atom is 0.305 e.